The van der Waals surface area contributed by atoms with Crippen LogP contribution in [-0.2, 0) is 6.54 Å². The van der Waals surface area contributed by atoms with Crippen LogP contribution in [0, 0.1) is 0 Å². The molecule has 1 aliphatic heterocycles. The minimum atomic E-state index is 0.772. The Morgan fingerprint density at radius 2 is 2.10 bits per heavy atom. The standard InChI is InChI=1S/C17H29N3O/c1-3-18-15-16-6-4-7-17(14-16)21-13-12-20-9-5-8-19(2)10-11-20/h4,6-7,14,18H,3,5,8-13,15H2,1-2H3. The molecule has 2 rings (SSSR count). The molecule has 0 aromatic heterocycles. The van der Waals surface area contributed by atoms with Crippen molar-refractivity contribution in [2.45, 2.75) is 19.9 Å². The van der Waals surface area contributed by atoms with E-state index in [4.69, 9.17) is 4.74 Å². The third kappa shape index (κ3) is 6.04. The van der Waals surface area contributed by atoms with Crippen molar-refractivity contribution in [3.8, 4) is 5.75 Å². The largest absolute Gasteiger partial charge is 0.492 e. The molecule has 0 radical (unpaired) electrons. The Labute approximate surface area is 129 Å². The Kier molecular flexibility index (Phi) is 7.00. The average Bonchev–Trinajstić information content (AvgIpc) is 2.70. The van der Waals surface area contributed by atoms with E-state index in [9.17, 15) is 0 Å². The fourth-order valence-corrected chi connectivity index (χ4v) is 2.63. The number of rotatable bonds is 7. The van der Waals surface area contributed by atoms with Gasteiger partial charge >= 0.3 is 0 Å². The van der Waals surface area contributed by atoms with Crippen molar-refractivity contribution in [2.24, 2.45) is 0 Å². The van der Waals surface area contributed by atoms with Gasteiger partial charge in [-0.3, -0.25) is 4.90 Å². The second-order valence-corrected chi connectivity index (χ2v) is 5.77. The maximum atomic E-state index is 5.91. The van der Waals surface area contributed by atoms with E-state index in [1.807, 2.05) is 6.07 Å². The van der Waals surface area contributed by atoms with Crippen LogP contribution in [0.15, 0.2) is 24.3 Å². The molecule has 1 saturated heterocycles. The van der Waals surface area contributed by atoms with E-state index >= 15 is 0 Å². The molecule has 1 aromatic carbocycles. The van der Waals surface area contributed by atoms with Crippen LogP contribution in [0.5, 0.6) is 5.75 Å². The lowest BCUT2D eigenvalue weighted by Gasteiger charge is -2.20. The minimum Gasteiger partial charge on any atom is -0.492 e. The van der Waals surface area contributed by atoms with Crippen LogP contribution in [0.2, 0.25) is 0 Å². The summed E-state index contributed by atoms with van der Waals surface area (Å²) < 4.78 is 5.91. The molecule has 1 N–H and O–H groups in total. The highest BCUT2D eigenvalue weighted by atomic mass is 16.5. The fourth-order valence-electron chi connectivity index (χ4n) is 2.63. The molecule has 1 heterocycles. The van der Waals surface area contributed by atoms with Gasteiger partial charge < -0.3 is 15.0 Å². The first-order valence-electron chi connectivity index (χ1n) is 8.11. The van der Waals surface area contributed by atoms with E-state index in [0.29, 0.717) is 0 Å². The molecule has 0 atom stereocenters. The summed E-state index contributed by atoms with van der Waals surface area (Å²) in [6.45, 7) is 10.5. The molecular formula is C17H29N3O. The van der Waals surface area contributed by atoms with Gasteiger partial charge in [-0.25, -0.2) is 0 Å². The Balaban J connectivity index is 1.72. The predicted octanol–water partition coefficient (Wildman–Crippen LogP) is 1.81. The summed E-state index contributed by atoms with van der Waals surface area (Å²) in [5.41, 5.74) is 1.28. The molecule has 0 unspecified atom stereocenters. The molecule has 1 fully saturated rings. The van der Waals surface area contributed by atoms with Gasteiger partial charge in [0, 0.05) is 26.2 Å². The topological polar surface area (TPSA) is 27.7 Å². The van der Waals surface area contributed by atoms with Gasteiger partial charge in [0.15, 0.2) is 0 Å². The molecule has 1 aliphatic rings. The molecule has 4 nitrogen and oxygen atoms in total. The molecular weight excluding hydrogens is 262 g/mol. The van der Waals surface area contributed by atoms with Crippen molar-refractivity contribution in [1.29, 1.82) is 0 Å². The van der Waals surface area contributed by atoms with E-state index < -0.39 is 0 Å². The first kappa shape index (κ1) is 16.3. The van der Waals surface area contributed by atoms with Gasteiger partial charge in [-0.05, 0) is 50.8 Å². The van der Waals surface area contributed by atoms with Crippen molar-refractivity contribution in [1.82, 2.24) is 15.1 Å². The third-order valence-corrected chi connectivity index (χ3v) is 3.97. The molecule has 0 bridgehead atoms. The number of benzene rings is 1. The number of nitrogens with zero attached hydrogens (tertiary/aromatic N) is 2. The Morgan fingerprint density at radius 3 is 2.95 bits per heavy atom. The summed E-state index contributed by atoms with van der Waals surface area (Å²) in [5.74, 6) is 0.984. The number of ether oxygens (including phenoxy) is 1. The number of hydrogen-bond acceptors (Lipinski definition) is 4. The first-order valence-corrected chi connectivity index (χ1v) is 8.11. The summed E-state index contributed by atoms with van der Waals surface area (Å²) in [5, 5.41) is 3.34. The van der Waals surface area contributed by atoms with E-state index in [2.05, 4.69) is 47.3 Å². The lowest BCUT2D eigenvalue weighted by Crippen LogP contribution is -2.32. The van der Waals surface area contributed by atoms with Gasteiger partial charge in [0.25, 0.3) is 0 Å². The molecule has 0 aliphatic carbocycles. The van der Waals surface area contributed by atoms with E-state index in [1.54, 1.807) is 0 Å². The smallest absolute Gasteiger partial charge is 0.119 e. The van der Waals surface area contributed by atoms with Gasteiger partial charge in [-0.15, -0.1) is 0 Å². The van der Waals surface area contributed by atoms with Crippen molar-refractivity contribution < 1.29 is 4.74 Å². The highest BCUT2D eigenvalue weighted by molar-refractivity contribution is 5.28. The summed E-state index contributed by atoms with van der Waals surface area (Å²) in [4.78, 5) is 4.91. The van der Waals surface area contributed by atoms with Gasteiger partial charge in [0.2, 0.25) is 0 Å². The van der Waals surface area contributed by atoms with E-state index in [-0.39, 0.29) is 0 Å². The molecule has 118 valence electrons. The zero-order chi connectivity index (χ0) is 14.9. The summed E-state index contributed by atoms with van der Waals surface area (Å²) >= 11 is 0. The second kappa shape index (κ2) is 9.03. The molecule has 0 amide bonds. The molecule has 1 aromatic rings. The number of likely N-dealkylation sites (N-methyl/N-ethyl adjacent to an activating group) is 1. The normalized spacial score (nSPS) is 17.6. The monoisotopic (exact) mass is 291 g/mol. The average molecular weight is 291 g/mol. The Bertz CT molecular complexity index is 411. The highest BCUT2D eigenvalue weighted by Crippen LogP contribution is 2.13. The highest BCUT2D eigenvalue weighted by Gasteiger charge is 2.11. The van der Waals surface area contributed by atoms with Gasteiger partial charge in [-0.2, -0.15) is 0 Å². The van der Waals surface area contributed by atoms with Crippen LogP contribution in [0.3, 0.4) is 0 Å². The maximum absolute atomic E-state index is 5.91. The van der Waals surface area contributed by atoms with Crippen LogP contribution in [0.1, 0.15) is 18.9 Å². The molecule has 0 spiro atoms. The van der Waals surface area contributed by atoms with Crippen LogP contribution in [-0.4, -0.2) is 62.7 Å². The Morgan fingerprint density at radius 1 is 1.19 bits per heavy atom. The van der Waals surface area contributed by atoms with Crippen molar-refractivity contribution in [3.05, 3.63) is 29.8 Å². The quantitative estimate of drug-likeness (QED) is 0.829. The predicted molar refractivity (Wildman–Crippen MR) is 87.9 cm³/mol. The zero-order valence-corrected chi connectivity index (χ0v) is 13.5. The molecule has 0 saturated carbocycles. The third-order valence-electron chi connectivity index (χ3n) is 3.97. The Hall–Kier alpha value is -1.10. The van der Waals surface area contributed by atoms with Crippen LogP contribution < -0.4 is 10.1 Å². The lowest BCUT2D eigenvalue weighted by molar-refractivity contribution is 0.212. The van der Waals surface area contributed by atoms with Gasteiger partial charge in [0.1, 0.15) is 12.4 Å². The summed E-state index contributed by atoms with van der Waals surface area (Å²) in [7, 11) is 2.20. The zero-order valence-electron chi connectivity index (χ0n) is 13.5. The van der Waals surface area contributed by atoms with Crippen molar-refractivity contribution >= 4 is 0 Å². The van der Waals surface area contributed by atoms with Crippen LogP contribution in [0.4, 0.5) is 0 Å². The van der Waals surface area contributed by atoms with Crippen LogP contribution >= 0.6 is 0 Å². The summed E-state index contributed by atoms with van der Waals surface area (Å²) in [6, 6.07) is 8.40. The SMILES string of the molecule is CCNCc1cccc(OCCN2CCCN(C)CC2)c1. The van der Waals surface area contributed by atoms with E-state index in [1.165, 1.54) is 25.1 Å². The van der Waals surface area contributed by atoms with E-state index in [0.717, 1.165) is 45.1 Å². The molecule has 4 heteroatoms. The maximum Gasteiger partial charge on any atom is 0.119 e. The summed E-state index contributed by atoms with van der Waals surface area (Å²) in [6.07, 6.45) is 1.26. The van der Waals surface area contributed by atoms with Crippen molar-refractivity contribution in [2.75, 3.05) is 52.9 Å². The number of nitrogens with one attached hydrogen (secondary N) is 1. The molecule has 21 heavy (non-hydrogen) atoms. The number of hydrogen-bond donors (Lipinski definition) is 1. The van der Waals surface area contributed by atoms with Crippen LogP contribution in [0.25, 0.3) is 0 Å². The van der Waals surface area contributed by atoms with Gasteiger partial charge in [-0.1, -0.05) is 19.1 Å². The van der Waals surface area contributed by atoms with Crippen molar-refractivity contribution in [3.63, 3.8) is 0 Å². The lowest BCUT2D eigenvalue weighted by atomic mass is 10.2. The van der Waals surface area contributed by atoms with Gasteiger partial charge in [0.05, 0.1) is 0 Å². The fraction of sp³-hybridized carbons (Fsp3) is 0.647. The minimum absolute atomic E-state index is 0.772. The second-order valence-electron chi connectivity index (χ2n) is 5.77. The first-order chi connectivity index (χ1) is 10.3.